The second-order valence-corrected chi connectivity index (χ2v) is 8.01. The summed E-state index contributed by atoms with van der Waals surface area (Å²) in [7, 11) is 0. The number of nitrogens with one attached hydrogen (secondary N) is 2. The number of amides is 1. The quantitative estimate of drug-likeness (QED) is 0.391. The van der Waals surface area contributed by atoms with E-state index in [4.69, 9.17) is 9.57 Å². The number of hydrogen-bond acceptors (Lipinski definition) is 6. The molecule has 0 saturated carbocycles. The molecule has 0 bridgehead atoms. The van der Waals surface area contributed by atoms with Gasteiger partial charge in [-0.25, -0.2) is 4.98 Å². The van der Waals surface area contributed by atoms with Gasteiger partial charge in [0.2, 0.25) is 5.91 Å². The summed E-state index contributed by atoms with van der Waals surface area (Å²) in [4.78, 5) is 21.7. The smallest absolute Gasteiger partial charge is 0.391 e. The maximum atomic E-state index is 12.6. The van der Waals surface area contributed by atoms with Gasteiger partial charge in [-0.3, -0.25) is 4.79 Å². The lowest BCUT2D eigenvalue weighted by Gasteiger charge is -2.22. The molecule has 0 atom stereocenters. The molecular weight excluding hydrogens is 449 g/mol. The first-order valence-electron chi connectivity index (χ1n) is 11.2. The van der Waals surface area contributed by atoms with Crippen LogP contribution in [0.15, 0.2) is 47.8 Å². The molecule has 1 saturated heterocycles. The Bertz CT molecular complexity index is 941. The minimum Gasteiger partial charge on any atom is -0.391 e. The van der Waals surface area contributed by atoms with Crippen molar-refractivity contribution in [3.8, 4) is 0 Å². The van der Waals surface area contributed by atoms with Crippen molar-refractivity contribution in [2.24, 2.45) is 11.1 Å². The molecule has 3 rings (SSSR count). The Kier molecular flexibility index (Phi) is 9.26. The molecule has 2 N–H and O–H groups in total. The minimum atomic E-state index is -4.37. The summed E-state index contributed by atoms with van der Waals surface area (Å²) in [6.07, 6.45) is -0.226. The van der Waals surface area contributed by atoms with Gasteiger partial charge in [-0.2, -0.15) is 13.2 Å². The van der Waals surface area contributed by atoms with Crippen molar-refractivity contribution in [2.45, 2.75) is 39.0 Å². The first-order chi connectivity index (χ1) is 16.3. The Balaban J connectivity index is 1.45. The molecule has 0 aliphatic carbocycles. The highest BCUT2D eigenvalue weighted by Gasteiger charge is 2.29. The Morgan fingerprint density at radius 2 is 1.91 bits per heavy atom. The molecule has 1 aliphatic heterocycles. The Morgan fingerprint density at radius 3 is 2.53 bits per heavy atom. The van der Waals surface area contributed by atoms with E-state index in [-0.39, 0.29) is 19.1 Å². The third kappa shape index (κ3) is 8.02. The highest BCUT2D eigenvalue weighted by atomic mass is 19.4. The Labute approximate surface area is 196 Å². The van der Waals surface area contributed by atoms with Gasteiger partial charge in [-0.1, -0.05) is 24.2 Å². The fraction of sp³-hybridized carbons (Fsp3) is 0.458. The van der Waals surface area contributed by atoms with E-state index in [0.29, 0.717) is 36.0 Å². The number of rotatable bonds is 10. The number of nitrogens with zero attached hydrogens (tertiary/aromatic N) is 2. The molecule has 1 aromatic heterocycles. The largest absolute Gasteiger partial charge is 0.416 e. The normalized spacial score (nSPS) is 15.1. The zero-order valence-electron chi connectivity index (χ0n) is 19.0. The van der Waals surface area contributed by atoms with Crippen molar-refractivity contribution >= 4 is 17.4 Å². The summed E-state index contributed by atoms with van der Waals surface area (Å²) >= 11 is 0. The summed E-state index contributed by atoms with van der Waals surface area (Å²) in [6.45, 7) is 4.24. The number of carbonyl (C=O) groups excluding carboxylic acids is 1. The van der Waals surface area contributed by atoms with Crippen molar-refractivity contribution in [3.63, 3.8) is 0 Å². The molecule has 0 unspecified atom stereocenters. The fourth-order valence-corrected chi connectivity index (χ4v) is 3.41. The van der Waals surface area contributed by atoms with Gasteiger partial charge in [-0.15, -0.1) is 0 Å². The van der Waals surface area contributed by atoms with Crippen LogP contribution in [0, 0.1) is 5.92 Å². The number of benzene rings is 1. The van der Waals surface area contributed by atoms with Gasteiger partial charge in [-0.05, 0) is 55.0 Å². The number of carbonyl (C=O) groups is 1. The summed E-state index contributed by atoms with van der Waals surface area (Å²) in [5.41, 5.74) is 1.29. The predicted molar refractivity (Wildman–Crippen MR) is 122 cm³/mol. The van der Waals surface area contributed by atoms with E-state index in [0.717, 1.165) is 43.8 Å². The first-order valence-corrected chi connectivity index (χ1v) is 11.2. The van der Waals surface area contributed by atoms with Crippen LogP contribution >= 0.6 is 0 Å². The number of ether oxygens (including phenoxy) is 1. The number of alkyl halides is 3. The van der Waals surface area contributed by atoms with Gasteiger partial charge in [0.05, 0.1) is 17.8 Å². The SMILES string of the molecule is CCC(=NOCc1ccc(C(F)(F)F)cc1)c1ccc(NCC(=O)NCC2CCOCC2)nc1. The number of halogens is 3. The predicted octanol–water partition coefficient (Wildman–Crippen LogP) is 4.39. The van der Waals surface area contributed by atoms with E-state index in [1.54, 1.807) is 12.3 Å². The molecule has 2 aromatic rings. The lowest BCUT2D eigenvalue weighted by Crippen LogP contribution is -2.35. The molecule has 1 fully saturated rings. The van der Waals surface area contributed by atoms with E-state index < -0.39 is 11.7 Å². The third-order valence-corrected chi connectivity index (χ3v) is 5.48. The molecule has 0 radical (unpaired) electrons. The van der Waals surface area contributed by atoms with Gasteiger partial charge in [0.25, 0.3) is 0 Å². The second kappa shape index (κ2) is 12.4. The standard InChI is InChI=1S/C24H29F3N4O3/c1-2-21(31-34-16-18-3-6-20(7-4-18)24(25,26)27)19-5-8-22(28-14-19)29-15-23(32)30-13-17-9-11-33-12-10-17/h3-8,14,17H,2,9-13,15-16H2,1H3,(H,28,29)(H,30,32). The van der Waals surface area contributed by atoms with Crippen molar-refractivity contribution in [1.29, 1.82) is 0 Å². The van der Waals surface area contributed by atoms with Crippen LogP contribution in [0.3, 0.4) is 0 Å². The van der Waals surface area contributed by atoms with Crippen LogP contribution in [0.25, 0.3) is 0 Å². The molecule has 1 aliphatic rings. The molecule has 1 amide bonds. The molecule has 10 heteroatoms. The fourth-order valence-electron chi connectivity index (χ4n) is 3.41. The molecule has 184 valence electrons. The van der Waals surface area contributed by atoms with Crippen LogP contribution in [-0.2, 0) is 27.2 Å². The van der Waals surface area contributed by atoms with Crippen LogP contribution in [-0.4, -0.2) is 42.9 Å². The summed E-state index contributed by atoms with van der Waals surface area (Å²) in [5, 5.41) is 10.0. The van der Waals surface area contributed by atoms with Gasteiger partial charge < -0.3 is 20.2 Å². The molecule has 1 aromatic carbocycles. The highest BCUT2D eigenvalue weighted by Crippen LogP contribution is 2.29. The number of anilines is 1. The molecule has 7 nitrogen and oxygen atoms in total. The zero-order valence-corrected chi connectivity index (χ0v) is 19.0. The number of pyridine rings is 1. The van der Waals surface area contributed by atoms with Crippen LogP contribution in [0.1, 0.15) is 42.9 Å². The van der Waals surface area contributed by atoms with E-state index in [2.05, 4.69) is 20.8 Å². The first kappa shape index (κ1) is 25.5. The highest BCUT2D eigenvalue weighted by molar-refractivity contribution is 5.99. The van der Waals surface area contributed by atoms with E-state index in [9.17, 15) is 18.0 Å². The summed E-state index contributed by atoms with van der Waals surface area (Å²) in [5.74, 6) is 0.930. The number of oxime groups is 1. The van der Waals surface area contributed by atoms with Crippen molar-refractivity contribution in [1.82, 2.24) is 10.3 Å². The number of aromatic nitrogens is 1. The maximum Gasteiger partial charge on any atom is 0.416 e. The minimum absolute atomic E-state index is 0.0533. The maximum absolute atomic E-state index is 12.6. The molecule has 2 heterocycles. The van der Waals surface area contributed by atoms with Crippen molar-refractivity contribution in [3.05, 3.63) is 59.3 Å². The van der Waals surface area contributed by atoms with Gasteiger partial charge >= 0.3 is 6.18 Å². The van der Waals surface area contributed by atoms with Gasteiger partial charge in [0, 0.05) is 31.5 Å². The van der Waals surface area contributed by atoms with E-state index in [1.807, 2.05) is 13.0 Å². The Morgan fingerprint density at radius 1 is 1.18 bits per heavy atom. The van der Waals surface area contributed by atoms with Crippen LogP contribution in [0.2, 0.25) is 0 Å². The van der Waals surface area contributed by atoms with Crippen LogP contribution < -0.4 is 10.6 Å². The lowest BCUT2D eigenvalue weighted by atomic mass is 10.0. The zero-order chi connectivity index (χ0) is 24.4. The average molecular weight is 479 g/mol. The molecular formula is C24H29F3N4O3. The molecule has 34 heavy (non-hydrogen) atoms. The van der Waals surface area contributed by atoms with E-state index >= 15 is 0 Å². The topological polar surface area (TPSA) is 84.8 Å². The van der Waals surface area contributed by atoms with Crippen LogP contribution in [0.4, 0.5) is 19.0 Å². The van der Waals surface area contributed by atoms with Gasteiger partial charge in [0.1, 0.15) is 12.4 Å². The van der Waals surface area contributed by atoms with Crippen molar-refractivity contribution in [2.75, 3.05) is 31.6 Å². The van der Waals surface area contributed by atoms with E-state index in [1.165, 1.54) is 12.1 Å². The van der Waals surface area contributed by atoms with Crippen molar-refractivity contribution < 1.29 is 27.5 Å². The second-order valence-electron chi connectivity index (χ2n) is 8.01. The Hall–Kier alpha value is -3.14. The third-order valence-electron chi connectivity index (χ3n) is 5.48. The lowest BCUT2D eigenvalue weighted by molar-refractivity contribution is -0.137. The molecule has 0 spiro atoms. The average Bonchev–Trinajstić information content (AvgIpc) is 2.85. The monoisotopic (exact) mass is 478 g/mol. The summed E-state index contributed by atoms with van der Waals surface area (Å²) in [6, 6.07) is 8.34. The summed E-state index contributed by atoms with van der Waals surface area (Å²) < 4.78 is 43.3. The van der Waals surface area contributed by atoms with Gasteiger partial charge in [0.15, 0.2) is 0 Å². The van der Waals surface area contributed by atoms with Crippen LogP contribution in [0.5, 0.6) is 0 Å². The number of hydrogen-bond donors (Lipinski definition) is 2.